The fourth-order valence-corrected chi connectivity index (χ4v) is 2.43. The van der Waals surface area contributed by atoms with Crippen LogP contribution in [0.3, 0.4) is 0 Å². The first-order chi connectivity index (χ1) is 9.26. The van der Waals surface area contributed by atoms with Crippen molar-refractivity contribution >= 4 is 26.7 Å². The second-order valence-electron chi connectivity index (χ2n) is 4.35. The topological polar surface area (TPSA) is 38.1 Å². The van der Waals surface area contributed by atoms with Gasteiger partial charge in [-0.1, -0.05) is 34.1 Å². The van der Waals surface area contributed by atoms with Gasteiger partial charge in [0.15, 0.2) is 5.76 Å². The van der Waals surface area contributed by atoms with Crippen LogP contribution in [-0.4, -0.2) is 12.0 Å². The molecular weight excluding hydrogens is 304 g/mol. The number of benzene rings is 2. The highest BCUT2D eigenvalue weighted by atomic mass is 79.9. The molecular formula is C15H13BrN2O. The highest BCUT2D eigenvalue weighted by molar-refractivity contribution is 9.10. The summed E-state index contributed by atoms with van der Waals surface area (Å²) in [5.74, 6) is 1.50. The van der Waals surface area contributed by atoms with Gasteiger partial charge in [0.05, 0.1) is 12.7 Å². The summed E-state index contributed by atoms with van der Waals surface area (Å²) in [6.07, 6.45) is 1.77. The Hall–Kier alpha value is -1.65. The molecule has 0 aliphatic rings. The van der Waals surface area contributed by atoms with Crippen molar-refractivity contribution in [1.29, 1.82) is 0 Å². The monoisotopic (exact) mass is 316 g/mol. The first kappa shape index (κ1) is 12.4. The van der Waals surface area contributed by atoms with Gasteiger partial charge in [0, 0.05) is 10.0 Å². The molecule has 96 valence electrons. The Morgan fingerprint density at radius 2 is 1.95 bits per heavy atom. The largest absolute Gasteiger partial charge is 0.439 e. The fraction of sp³-hybridized carbons (Fsp3) is 0.133. The lowest BCUT2D eigenvalue weighted by Gasteiger charge is -2.01. The molecule has 3 nitrogen and oxygen atoms in total. The van der Waals surface area contributed by atoms with E-state index < -0.39 is 0 Å². The average molecular weight is 317 g/mol. The van der Waals surface area contributed by atoms with Gasteiger partial charge >= 0.3 is 0 Å². The molecule has 2 aromatic carbocycles. The molecule has 0 amide bonds. The molecule has 0 bridgehead atoms. The van der Waals surface area contributed by atoms with Crippen LogP contribution in [0.15, 0.2) is 51.5 Å². The maximum absolute atomic E-state index is 5.70. The van der Waals surface area contributed by atoms with Crippen molar-refractivity contribution < 1.29 is 4.42 Å². The molecule has 4 heteroatoms. The first-order valence-corrected chi connectivity index (χ1v) is 6.84. The number of hydrogen-bond donors (Lipinski definition) is 1. The van der Waals surface area contributed by atoms with Gasteiger partial charge in [-0.05, 0) is 36.0 Å². The van der Waals surface area contributed by atoms with Crippen molar-refractivity contribution in [3.05, 3.63) is 53.0 Å². The number of aromatic nitrogens is 1. The Kier molecular flexibility index (Phi) is 3.36. The zero-order valence-electron chi connectivity index (χ0n) is 10.5. The van der Waals surface area contributed by atoms with Gasteiger partial charge in [-0.2, -0.15) is 0 Å². The predicted molar refractivity (Wildman–Crippen MR) is 79.9 cm³/mol. The minimum atomic E-state index is 0.639. The molecule has 0 fully saturated rings. The number of rotatable bonds is 3. The molecule has 1 aromatic heterocycles. The van der Waals surface area contributed by atoms with E-state index >= 15 is 0 Å². The van der Waals surface area contributed by atoms with E-state index in [0.29, 0.717) is 12.4 Å². The Morgan fingerprint density at radius 3 is 2.79 bits per heavy atom. The third-order valence-electron chi connectivity index (χ3n) is 2.97. The van der Waals surface area contributed by atoms with Crippen LogP contribution in [0.2, 0.25) is 0 Å². The smallest absolute Gasteiger partial charge is 0.208 e. The van der Waals surface area contributed by atoms with Crippen molar-refractivity contribution in [3.63, 3.8) is 0 Å². The van der Waals surface area contributed by atoms with Crippen molar-refractivity contribution in [1.82, 2.24) is 10.3 Å². The molecule has 1 heterocycles. The summed E-state index contributed by atoms with van der Waals surface area (Å²) in [4.78, 5) is 4.24. The van der Waals surface area contributed by atoms with Gasteiger partial charge in [0.25, 0.3) is 0 Å². The predicted octanol–water partition coefficient (Wildman–Crippen LogP) is 3.98. The lowest BCUT2D eigenvalue weighted by atomic mass is 10.1. The van der Waals surface area contributed by atoms with E-state index in [1.807, 2.05) is 13.1 Å². The minimum absolute atomic E-state index is 0.639. The Balaban J connectivity index is 2.02. The van der Waals surface area contributed by atoms with Gasteiger partial charge in [0.2, 0.25) is 5.89 Å². The van der Waals surface area contributed by atoms with Crippen molar-refractivity contribution in [2.45, 2.75) is 6.54 Å². The molecule has 3 aromatic rings. The molecule has 3 rings (SSSR count). The van der Waals surface area contributed by atoms with Crippen LogP contribution in [0, 0.1) is 0 Å². The summed E-state index contributed by atoms with van der Waals surface area (Å²) in [7, 11) is 1.87. The quantitative estimate of drug-likeness (QED) is 0.794. The summed E-state index contributed by atoms with van der Waals surface area (Å²) in [5.41, 5.74) is 1.05. The fourth-order valence-electron chi connectivity index (χ4n) is 2.05. The Bertz CT molecular complexity index is 721. The van der Waals surface area contributed by atoms with Crippen molar-refractivity contribution in [2.24, 2.45) is 0 Å². The number of hydrogen-bond acceptors (Lipinski definition) is 3. The second-order valence-corrected chi connectivity index (χ2v) is 5.27. The molecule has 0 saturated carbocycles. The minimum Gasteiger partial charge on any atom is -0.439 e. The van der Waals surface area contributed by atoms with Gasteiger partial charge in [-0.25, -0.2) is 4.98 Å². The summed E-state index contributed by atoms with van der Waals surface area (Å²) in [5, 5.41) is 5.41. The highest BCUT2D eigenvalue weighted by Crippen LogP contribution is 2.26. The van der Waals surface area contributed by atoms with Crippen LogP contribution >= 0.6 is 15.9 Å². The number of oxazole rings is 1. The summed E-state index contributed by atoms with van der Waals surface area (Å²) in [6, 6.07) is 12.5. The first-order valence-electron chi connectivity index (χ1n) is 6.05. The standard InChI is InChI=1S/C15H13BrN2O/c1-17-9-15-18-8-14(19-15)12-3-2-11-7-13(16)5-4-10(11)6-12/h2-8,17H,9H2,1H3. The summed E-state index contributed by atoms with van der Waals surface area (Å²) in [6.45, 7) is 0.639. The second kappa shape index (κ2) is 5.15. The van der Waals surface area contributed by atoms with E-state index in [-0.39, 0.29) is 0 Å². The van der Waals surface area contributed by atoms with Crippen LogP contribution in [0.4, 0.5) is 0 Å². The molecule has 19 heavy (non-hydrogen) atoms. The molecule has 0 atom stereocenters. The van der Waals surface area contributed by atoms with Gasteiger partial charge in [-0.15, -0.1) is 0 Å². The molecule has 1 N–H and O–H groups in total. The van der Waals surface area contributed by atoms with Crippen molar-refractivity contribution in [2.75, 3.05) is 7.05 Å². The van der Waals surface area contributed by atoms with Crippen LogP contribution in [0.1, 0.15) is 5.89 Å². The summed E-state index contributed by atoms with van der Waals surface area (Å²) >= 11 is 3.48. The van der Waals surface area contributed by atoms with E-state index in [9.17, 15) is 0 Å². The Morgan fingerprint density at radius 1 is 1.16 bits per heavy atom. The molecule has 0 spiro atoms. The zero-order chi connectivity index (χ0) is 13.2. The van der Waals surface area contributed by atoms with Gasteiger partial charge in [-0.3, -0.25) is 0 Å². The normalized spacial score (nSPS) is 11.1. The number of nitrogens with one attached hydrogen (secondary N) is 1. The van der Waals surface area contributed by atoms with Crippen LogP contribution in [0.5, 0.6) is 0 Å². The highest BCUT2D eigenvalue weighted by Gasteiger charge is 2.06. The van der Waals surface area contributed by atoms with Crippen molar-refractivity contribution in [3.8, 4) is 11.3 Å². The molecule has 0 unspecified atom stereocenters. The number of nitrogens with zero attached hydrogens (tertiary/aromatic N) is 1. The lowest BCUT2D eigenvalue weighted by Crippen LogP contribution is -2.04. The summed E-state index contributed by atoms with van der Waals surface area (Å²) < 4.78 is 6.79. The van der Waals surface area contributed by atoms with Gasteiger partial charge in [0.1, 0.15) is 0 Å². The SMILES string of the molecule is CNCc1ncc(-c2ccc3cc(Br)ccc3c2)o1. The zero-order valence-corrected chi connectivity index (χ0v) is 12.1. The molecule has 0 aliphatic carbocycles. The van der Waals surface area contributed by atoms with E-state index in [1.54, 1.807) is 6.20 Å². The maximum Gasteiger partial charge on any atom is 0.208 e. The third-order valence-corrected chi connectivity index (χ3v) is 3.46. The third kappa shape index (κ3) is 2.55. The van der Waals surface area contributed by atoms with Crippen LogP contribution < -0.4 is 5.32 Å². The maximum atomic E-state index is 5.70. The number of fused-ring (bicyclic) bond motifs is 1. The van der Waals surface area contributed by atoms with Crippen LogP contribution in [0.25, 0.3) is 22.1 Å². The lowest BCUT2D eigenvalue weighted by molar-refractivity contribution is 0.491. The van der Waals surface area contributed by atoms with Gasteiger partial charge < -0.3 is 9.73 Å². The van der Waals surface area contributed by atoms with E-state index in [0.717, 1.165) is 15.8 Å². The molecule has 0 radical (unpaired) electrons. The van der Waals surface area contributed by atoms with E-state index in [2.05, 4.69) is 56.6 Å². The van der Waals surface area contributed by atoms with E-state index in [1.165, 1.54) is 10.8 Å². The van der Waals surface area contributed by atoms with Crippen LogP contribution in [-0.2, 0) is 6.54 Å². The van der Waals surface area contributed by atoms with E-state index in [4.69, 9.17) is 4.42 Å². The molecule has 0 aliphatic heterocycles. The number of halogens is 1. The Labute approximate surface area is 119 Å². The molecule has 0 saturated heterocycles. The average Bonchev–Trinajstić information content (AvgIpc) is 2.87.